The van der Waals surface area contributed by atoms with E-state index in [1.54, 1.807) is 18.8 Å². The van der Waals surface area contributed by atoms with E-state index in [1.807, 2.05) is 18.2 Å². The predicted octanol–water partition coefficient (Wildman–Crippen LogP) is 3.35. The quantitative estimate of drug-likeness (QED) is 0.273. The number of aromatic nitrogens is 3. The lowest BCUT2D eigenvalue weighted by Gasteiger charge is -2.15. The maximum atomic E-state index is 5.26. The summed E-state index contributed by atoms with van der Waals surface area (Å²) in [6.07, 6.45) is 11.0. The highest BCUT2D eigenvalue weighted by Crippen LogP contribution is 2.19. The number of allylic oxidation sites excluding steroid dienone is 1. The second-order valence-electron chi connectivity index (χ2n) is 6.26. The highest BCUT2D eigenvalue weighted by Gasteiger charge is 2.09. The third kappa shape index (κ3) is 6.93. The number of hydrogen-bond donors (Lipinski definition) is 2. The van der Waals surface area contributed by atoms with E-state index in [1.165, 1.54) is 25.7 Å². The predicted molar refractivity (Wildman–Crippen MR) is 117 cm³/mol. The van der Waals surface area contributed by atoms with Gasteiger partial charge < -0.3 is 15.2 Å². The molecule has 2 N–H and O–H groups in total. The highest BCUT2D eigenvalue weighted by atomic mass is 127. The summed E-state index contributed by atoms with van der Waals surface area (Å²) in [4.78, 5) is 12.8. The molecular formula is C19H27IN6O. The molecule has 2 aromatic rings. The molecule has 2 aromatic heterocycles. The van der Waals surface area contributed by atoms with Gasteiger partial charge in [0.15, 0.2) is 11.8 Å². The minimum atomic E-state index is 0. The Morgan fingerprint density at radius 2 is 2.04 bits per heavy atom. The Hall–Kier alpha value is -1.97. The Bertz CT molecular complexity index is 744. The molecule has 8 heteroatoms. The van der Waals surface area contributed by atoms with Crippen molar-refractivity contribution in [2.45, 2.75) is 38.5 Å². The largest absolute Gasteiger partial charge is 0.356 e. The van der Waals surface area contributed by atoms with E-state index < -0.39 is 0 Å². The zero-order valence-corrected chi connectivity index (χ0v) is 18.0. The molecule has 0 radical (unpaired) electrons. The van der Waals surface area contributed by atoms with Crippen molar-refractivity contribution in [3.8, 4) is 11.6 Å². The van der Waals surface area contributed by atoms with E-state index >= 15 is 0 Å². The van der Waals surface area contributed by atoms with Crippen LogP contribution in [0.25, 0.3) is 11.6 Å². The van der Waals surface area contributed by atoms with Crippen LogP contribution >= 0.6 is 24.0 Å². The van der Waals surface area contributed by atoms with E-state index in [2.05, 4.69) is 36.8 Å². The van der Waals surface area contributed by atoms with E-state index in [0.717, 1.165) is 18.9 Å². The smallest absolute Gasteiger partial charge is 0.276 e. The van der Waals surface area contributed by atoms with Gasteiger partial charge in [-0.25, -0.2) is 0 Å². The number of aliphatic imine (C=N–C) groups is 1. The number of guanidine groups is 1. The third-order valence-corrected chi connectivity index (χ3v) is 4.34. The van der Waals surface area contributed by atoms with Crippen molar-refractivity contribution in [3.63, 3.8) is 0 Å². The Morgan fingerprint density at radius 3 is 2.74 bits per heavy atom. The molecule has 0 aromatic carbocycles. The number of nitrogens with zero attached hydrogens (tertiary/aromatic N) is 4. The number of halogens is 1. The Labute approximate surface area is 177 Å². The van der Waals surface area contributed by atoms with Crippen LogP contribution in [-0.4, -0.2) is 41.2 Å². The van der Waals surface area contributed by atoms with Crippen LogP contribution in [0.3, 0.4) is 0 Å². The lowest BCUT2D eigenvalue weighted by atomic mass is 9.97. The first-order valence-electron chi connectivity index (χ1n) is 9.21. The lowest BCUT2D eigenvalue weighted by molar-refractivity contribution is 0.421. The Balaban J connectivity index is 0.00000261. The molecule has 146 valence electrons. The normalized spacial score (nSPS) is 14.3. The lowest BCUT2D eigenvalue weighted by Crippen LogP contribution is -2.38. The van der Waals surface area contributed by atoms with Gasteiger partial charge in [0, 0.05) is 32.8 Å². The van der Waals surface area contributed by atoms with Gasteiger partial charge in [0.1, 0.15) is 5.69 Å². The minimum Gasteiger partial charge on any atom is -0.356 e. The molecule has 0 saturated carbocycles. The fourth-order valence-corrected chi connectivity index (χ4v) is 2.94. The number of nitrogens with one attached hydrogen (secondary N) is 2. The second kappa shape index (κ2) is 11.7. The van der Waals surface area contributed by atoms with Crippen molar-refractivity contribution in [2.24, 2.45) is 4.99 Å². The average Bonchev–Trinajstić information content (AvgIpc) is 3.17. The molecule has 7 nitrogen and oxygen atoms in total. The molecule has 0 atom stereocenters. The van der Waals surface area contributed by atoms with Crippen molar-refractivity contribution in [3.05, 3.63) is 41.9 Å². The highest BCUT2D eigenvalue weighted by molar-refractivity contribution is 14.0. The second-order valence-corrected chi connectivity index (χ2v) is 6.26. The molecule has 2 heterocycles. The van der Waals surface area contributed by atoms with Crippen molar-refractivity contribution in [1.82, 2.24) is 25.8 Å². The van der Waals surface area contributed by atoms with E-state index in [9.17, 15) is 0 Å². The van der Waals surface area contributed by atoms with Gasteiger partial charge in [-0.3, -0.25) is 9.98 Å². The van der Waals surface area contributed by atoms with Crippen molar-refractivity contribution >= 4 is 29.9 Å². The SMILES string of the molecule is CN=C(NCCC1=CCCCC1)NCCc1noc(-c2ccccn2)n1.I. The summed E-state index contributed by atoms with van der Waals surface area (Å²) in [5, 5.41) is 10.6. The van der Waals surface area contributed by atoms with Gasteiger partial charge in [-0.2, -0.15) is 4.98 Å². The van der Waals surface area contributed by atoms with E-state index in [-0.39, 0.29) is 24.0 Å². The van der Waals surface area contributed by atoms with Gasteiger partial charge in [0.2, 0.25) is 0 Å². The van der Waals surface area contributed by atoms with Crippen LogP contribution in [0.2, 0.25) is 0 Å². The van der Waals surface area contributed by atoms with Crippen LogP contribution in [-0.2, 0) is 6.42 Å². The minimum absolute atomic E-state index is 0. The van der Waals surface area contributed by atoms with Crippen LogP contribution < -0.4 is 10.6 Å². The molecule has 0 spiro atoms. The summed E-state index contributed by atoms with van der Waals surface area (Å²) in [7, 11) is 1.78. The summed E-state index contributed by atoms with van der Waals surface area (Å²) >= 11 is 0. The van der Waals surface area contributed by atoms with Crippen molar-refractivity contribution < 1.29 is 4.52 Å². The summed E-state index contributed by atoms with van der Waals surface area (Å²) in [5.74, 6) is 1.90. The molecule has 0 unspecified atom stereocenters. The summed E-state index contributed by atoms with van der Waals surface area (Å²) in [5.41, 5.74) is 2.25. The topological polar surface area (TPSA) is 88.2 Å². The molecule has 27 heavy (non-hydrogen) atoms. The van der Waals surface area contributed by atoms with Gasteiger partial charge >= 0.3 is 0 Å². The summed E-state index contributed by atoms with van der Waals surface area (Å²) < 4.78 is 5.26. The van der Waals surface area contributed by atoms with Gasteiger partial charge in [0.25, 0.3) is 5.89 Å². The first-order chi connectivity index (χ1) is 12.8. The molecule has 0 bridgehead atoms. The van der Waals surface area contributed by atoms with Crippen LogP contribution in [0.1, 0.15) is 37.9 Å². The maximum Gasteiger partial charge on any atom is 0.276 e. The third-order valence-electron chi connectivity index (χ3n) is 4.34. The van der Waals surface area contributed by atoms with Crippen molar-refractivity contribution in [2.75, 3.05) is 20.1 Å². The van der Waals surface area contributed by atoms with Crippen LogP contribution in [0.15, 0.2) is 45.6 Å². The molecule has 0 amide bonds. The number of pyridine rings is 1. The van der Waals surface area contributed by atoms with Gasteiger partial charge in [-0.1, -0.05) is 22.9 Å². The maximum absolute atomic E-state index is 5.26. The van der Waals surface area contributed by atoms with Crippen LogP contribution in [0.4, 0.5) is 0 Å². The van der Waals surface area contributed by atoms with Gasteiger partial charge in [-0.15, -0.1) is 24.0 Å². The molecule has 1 aliphatic rings. The van der Waals surface area contributed by atoms with Gasteiger partial charge in [-0.05, 0) is 44.2 Å². The Morgan fingerprint density at radius 1 is 1.19 bits per heavy atom. The zero-order valence-electron chi connectivity index (χ0n) is 15.6. The molecule has 0 saturated heterocycles. The molecule has 0 fully saturated rings. The Kier molecular flexibility index (Phi) is 9.23. The molecule has 3 rings (SSSR count). The average molecular weight is 482 g/mol. The summed E-state index contributed by atoms with van der Waals surface area (Å²) in [6.45, 7) is 1.58. The van der Waals surface area contributed by atoms with Crippen molar-refractivity contribution in [1.29, 1.82) is 0 Å². The zero-order chi connectivity index (χ0) is 18.0. The molecule has 1 aliphatic carbocycles. The molecule has 0 aliphatic heterocycles. The van der Waals surface area contributed by atoms with Crippen LogP contribution in [0.5, 0.6) is 0 Å². The molecular weight excluding hydrogens is 455 g/mol. The first kappa shape index (κ1) is 21.3. The number of rotatable bonds is 7. The fraction of sp³-hybridized carbons (Fsp3) is 0.474. The number of hydrogen-bond acceptors (Lipinski definition) is 5. The van der Waals surface area contributed by atoms with Crippen LogP contribution in [0, 0.1) is 0 Å². The standard InChI is InChI=1S/C19H26N6O.HI/c1-20-19(22-13-10-15-7-3-2-4-8-15)23-14-11-17-24-18(26-25-17)16-9-5-6-12-21-16;/h5-7,9,12H,2-4,8,10-11,13-14H2,1H3,(H2,20,22,23);1H. The van der Waals surface area contributed by atoms with Gasteiger partial charge in [0.05, 0.1) is 0 Å². The summed E-state index contributed by atoms with van der Waals surface area (Å²) in [6, 6.07) is 5.60. The fourth-order valence-electron chi connectivity index (χ4n) is 2.94. The van der Waals surface area contributed by atoms with E-state index in [0.29, 0.717) is 30.4 Å². The monoisotopic (exact) mass is 482 g/mol. The van der Waals surface area contributed by atoms with E-state index in [4.69, 9.17) is 4.52 Å². The first-order valence-corrected chi connectivity index (χ1v) is 9.21.